The van der Waals surface area contributed by atoms with E-state index >= 15 is 0 Å². The second-order valence-corrected chi connectivity index (χ2v) is 14.5. The Morgan fingerprint density at radius 2 is 1.32 bits per heavy atom. The third-order valence-corrected chi connectivity index (χ3v) is 10.6. The van der Waals surface area contributed by atoms with Crippen molar-refractivity contribution >= 4 is 17.9 Å². The summed E-state index contributed by atoms with van der Waals surface area (Å²) in [6.45, 7) is 9.04. The van der Waals surface area contributed by atoms with Gasteiger partial charge in [0.1, 0.15) is 17.7 Å². The number of nitrogens with zero attached hydrogens (tertiary/aromatic N) is 4. The van der Waals surface area contributed by atoms with Crippen molar-refractivity contribution in [3.8, 4) is 33.6 Å². The Balaban J connectivity index is 1.12. The van der Waals surface area contributed by atoms with Crippen LogP contribution in [-0.2, 0) is 23.8 Å². The number of hydrogen-bond acceptors (Lipinski definition) is 8. The van der Waals surface area contributed by atoms with Gasteiger partial charge in [-0.2, -0.15) is 0 Å². The molecule has 2 aromatic carbocycles. The number of nitrogens with one attached hydrogen (secondary N) is 3. The number of hydrogen-bond donors (Lipinski definition) is 3. The highest BCUT2D eigenvalue weighted by molar-refractivity contribution is 5.86. The molecule has 13 nitrogen and oxygen atoms in total. The largest absolute Gasteiger partial charge is 0.453 e. The first kappa shape index (κ1) is 37.7. The number of carbonyl (C=O) groups excluding carboxylic acids is 3. The van der Waals surface area contributed by atoms with E-state index in [1.807, 2.05) is 43.0 Å². The van der Waals surface area contributed by atoms with Gasteiger partial charge in [0.25, 0.3) is 5.91 Å². The zero-order valence-corrected chi connectivity index (χ0v) is 31.6. The van der Waals surface area contributed by atoms with Crippen LogP contribution in [0.15, 0.2) is 60.9 Å². The molecular formula is C40H51N7O6. The Kier molecular flexibility index (Phi) is 11.6. The Hall–Kier alpha value is -5.01. The van der Waals surface area contributed by atoms with Crippen molar-refractivity contribution in [1.82, 2.24) is 35.1 Å². The molecule has 4 unspecified atom stereocenters. The van der Waals surface area contributed by atoms with Crippen LogP contribution < -0.4 is 5.32 Å². The number of benzene rings is 2. The zero-order valence-electron chi connectivity index (χ0n) is 31.6. The Morgan fingerprint density at radius 3 is 1.83 bits per heavy atom. The van der Waals surface area contributed by atoms with Gasteiger partial charge in [-0.25, -0.2) is 14.8 Å². The Bertz CT molecular complexity index is 1870. The third kappa shape index (κ3) is 8.01. The quantitative estimate of drug-likeness (QED) is 0.158. The number of amides is 3. The summed E-state index contributed by atoms with van der Waals surface area (Å²) >= 11 is 0. The molecule has 2 aliphatic heterocycles. The molecule has 0 bridgehead atoms. The van der Waals surface area contributed by atoms with Crippen LogP contribution >= 0.6 is 0 Å². The predicted octanol–water partition coefficient (Wildman–Crippen LogP) is 6.14. The highest BCUT2D eigenvalue weighted by atomic mass is 16.5. The number of methoxy groups -OCH3 is 3. The molecule has 2 aromatic heterocycles. The highest BCUT2D eigenvalue weighted by Gasteiger charge is 2.41. The van der Waals surface area contributed by atoms with Crippen molar-refractivity contribution in [3.63, 3.8) is 0 Å². The highest BCUT2D eigenvalue weighted by Crippen LogP contribution is 2.37. The summed E-state index contributed by atoms with van der Waals surface area (Å²) in [5.41, 5.74) is 5.89. The van der Waals surface area contributed by atoms with E-state index in [9.17, 15) is 14.4 Å². The van der Waals surface area contributed by atoms with E-state index in [4.69, 9.17) is 19.2 Å². The maximum atomic E-state index is 13.5. The Morgan fingerprint density at radius 1 is 0.774 bits per heavy atom. The topological polar surface area (TPSA) is 155 Å². The molecule has 4 heterocycles. The van der Waals surface area contributed by atoms with Crippen molar-refractivity contribution in [2.24, 2.45) is 11.8 Å². The van der Waals surface area contributed by atoms with Crippen molar-refractivity contribution < 1.29 is 28.6 Å². The molecular weight excluding hydrogens is 674 g/mol. The van der Waals surface area contributed by atoms with Gasteiger partial charge in [-0.1, -0.05) is 69.3 Å². The lowest BCUT2D eigenvalue weighted by Crippen LogP contribution is -2.51. The molecule has 2 aliphatic rings. The monoisotopic (exact) mass is 725 g/mol. The Labute approximate surface area is 310 Å². The number of rotatable bonds is 12. The second kappa shape index (κ2) is 16.3. The van der Waals surface area contributed by atoms with E-state index in [0.717, 1.165) is 64.6 Å². The fraction of sp³-hybridized carbons (Fsp3) is 0.475. The molecule has 0 saturated carbocycles. The van der Waals surface area contributed by atoms with E-state index in [1.165, 1.54) is 7.11 Å². The van der Waals surface area contributed by atoms with Crippen molar-refractivity contribution in [1.29, 1.82) is 0 Å². The summed E-state index contributed by atoms with van der Waals surface area (Å²) < 4.78 is 15.7. The smallest absolute Gasteiger partial charge is 0.407 e. The lowest BCUT2D eigenvalue weighted by molar-refractivity contribution is -0.151. The number of aromatic nitrogens is 4. The van der Waals surface area contributed by atoms with Crippen LogP contribution in [0.3, 0.4) is 0 Å². The molecule has 6 rings (SSSR count). The van der Waals surface area contributed by atoms with Crippen LogP contribution in [0.25, 0.3) is 33.6 Å². The first-order chi connectivity index (χ1) is 25.5. The molecule has 4 aromatic rings. The lowest BCUT2D eigenvalue weighted by atomic mass is 10.0. The second-order valence-electron chi connectivity index (χ2n) is 14.5. The average molecular weight is 726 g/mol. The number of alkyl carbamates (subject to hydrolysis) is 1. The van der Waals surface area contributed by atoms with Gasteiger partial charge >= 0.3 is 6.09 Å². The SMILES string of the molecule is COC(=O)NC(C(=O)N1CCC[C@H]1c1ncc(-c2ccc(-c3ccc(-c4cnc(C5CC(C)CN5C(=O)C(OC)[C@@H](C)OC)[nH]4)cc3)cc2)[nH]1)C(C)C. The van der Waals surface area contributed by atoms with Gasteiger partial charge in [0.2, 0.25) is 5.91 Å². The number of imidazole rings is 2. The van der Waals surface area contributed by atoms with Crippen LogP contribution in [-0.4, -0.2) is 100 Å². The molecule has 53 heavy (non-hydrogen) atoms. The standard InChI is InChI=1S/C40H51N7O6/c1-23(2)34(45-40(50)53-7)38(48)46-18-8-9-32(46)36-41-20-30(43-36)28-14-10-26(11-15-28)27-12-16-29(17-13-27)31-21-42-37(44-31)33-19-24(3)22-47(33)39(49)35(52-6)25(4)51-5/h10-17,20-21,23-25,32-35H,8-9,18-19,22H2,1-7H3,(H,41,43)(H,42,44)(H,45,50)/t24?,25-,32+,33?,34?,35?/m1/s1. The van der Waals surface area contributed by atoms with Gasteiger partial charge in [-0.15, -0.1) is 0 Å². The van der Waals surface area contributed by atoms with Gasteiger partial charge in [-0.3, -0.25) is 9.59 Å². The molecule has 282 valence electrons. The molecule has 2 fully saturated rings. The number of likely N-dealkylation sites (tertiary alicyclic amines) is 2. The summed E-state index contributed by atoms with van der Waals surface area (Å²) in [5.74, 6) is 1.51. The van der Waals surface area contributed by atoms with Gasteiger partial charge in [0, 0.05) is 27.3 Å². The van der Waals surface area contributed by atoms with Crippen molar-refractivity contribution in [2.45, 2.75) is 77.3 Å². The number of carbonyl (C=O) groups is 3. The fourth-order valence-corrected chi connectivity index (χ4v) is 7.51. The lowest BCUT2D eigenvalue weighted by Gasteiger charge is -2.30. The van der Waals surface area contributed by atoms with E-state index < -0.39 is 18.2 Å². The molecule has 0 radical (unpaired) electrons. The fourth-order valence-electron chi connectivity index (χ4n) is 7.51. The van der Waals surface area contributed by atoms with Crippen LogP contribution in [0.1, 0.15) is 70.7 Å². The predicted molar refractivity (Wildman–Crippen MR) is 200 cm³/mol. The molecule has 0 aliphatic carbocycles. The summed E-state index contributed by atoms with van der Waals surface area (Å²) in [4.78, 5) is 58.9. The van der Waals surface area contributed by atoms with Crippen LogP contribution in [0.5, 0.6) is 0 Å². The minimum atomic E-state index is -0.681. The molecule has 13 heteroatoms. The molecule has 6 atom stereocenters. The molecule has 3 amide bonds. The average Bonchev–Trinajstić information content (AvgIpc) is 4.00. The first-order valence-electron chi connectivity index (χ1n) is 18.3. The first-order valence-corrected chi connectivity index (χ1v) is 18.3. The summed E-state index contributed by atoms with van der Waals surface area (Å²) in [7, 11) is 4.42. The minimum absolute atomic E-state index is 0.0870. The normalized spacial score (nSPS) is 20.4. The van der Waals surface area contributed by atoms with Gasteiger partial charge < -0.3 is 39.3 Å². The summed E-state index contributed by atoms with van der Waals surface area (Å²) in [6, 6.07) is 15.6. The maximum absolute atomic E-state index is 13.5. The number of ether oxygens (including phenoxy) is 3. The summed E-state index contributed by atoms with van der Waals surface area (Å²) in [5, 5.41) is 2.70. The van der Waals surface area contributed by atoms with Crippen molar-refractivity contribution in [3.05, 3.63) is 72.6 Å². The van der Waals surface area contributed by atoms with Gasteiger partial charge in [0.05, 0.1) is 49.1 Å². The van der Waals surface area contributed by atoms with E-state index in [2.05, 4.69) is 75.7 Å². The number of aromatic amines is 2. The third-order valence-electron chi connectivity index (χ3n) is 10.6. The molecule has 0 spiro atoms. The summed E-state index contributed by atoms with van der Waals surface area (Å²) in [6.07, 6.45) is 4.44. The molecule has 3 N–H and O–H groups in total. The van der Waals surface area contributed by atoms with Gasteiger partial charge in [0.15, 0.2) is 6.10 Å². The van der Waals surface area contributed by atoms with Crippen LogP contribution in [0, 0.1) is 11.8 Å². The molecule has 2 saturated heterocycles. The van der Waals surface area contributed by atoms with E-state index in [-0.39, 0.29) is 35.9 Å². The van der Waals surface area contributed by atoms with Crippen LogP contribution in [0.4, 0.5) is 4.79 Å². The van der Waals surface area contributed by atoms with Crippen molar-refractivity contribution in [2.75, 3.05) is 34.4 Å². The van der Waals surface area contributed by atoms with E-state index in [1.54, 1.807) is 14.2 Å². The zero-order chi connectivity index (χ0) is 37.8. The minimum Gasteiger partial charge on any atom is -0.453 e. The number of H-pyrrole nitrogens is 2. The maximum Gasteiger partial charge on any atom is 0.407 e. The van der Waals surface area contributed by atoms with Gasteiger partial charge in [-0.05, 0) is 60.3 Å². The van der Waals surface area contributed by atoms with E-state index in [0.29, 0.717) is 19.0 Å². The van der Waals surface area contributed by atoms with Crippen LogP contribution in [0.2, 0.25) is 0 Å².